The number of anilines is 2. The molecule has 0 fully saturated rings. The van der Waals surface area contributed by atoms with Gasteiger partial charge in [-0.2, -0.15) is 0 Å². The number of benzene rings is 3. The Balaban J connectivity index is 1.94. The van der Waals surface area contributed by atoms with Crippen molar-refractivity contribution in [2.45, 2.75) is 6.17 Å². The second-order valence-corrected chi connectivity index (χ2v) is 7.61. The van der Waals surface area contributed by atoms with Crippen molar-refractivity contribution in [1.82, 2.24) is 0 Å². The van der Waals surface area contributed by atoms with Crippen molar-refractivity contribution in [2.75, 3.05) is 31.5 Å². The maximum Gasteiger partial charge on any atom is 0.262 e. The first-order valence-corrected chi connectivity index (χ1v) is 10.1. The standard InChI is InChI=1S/C23H21BrN2O4/c1-28-15-9-10-19(21(13-15)30-3)26-22(17-12-14(24)8-11-20(17)29-2)25-18-7-5-4-6-16(18)23(26)27/h4-13,22,25H,1-3H3/t22-/m0/s1. The van der Waals surface area contributed by atoms with Crippen molar-refractivity contribution < 1.29 is 19.0 Å². The summed E-state index contributed by atoms with van der Waals surface area (Å²) in [6.45, 7) is 0. The van der Waals surface area contributed by atoms with Crippen LogP contribution < -0.4 is 24.4 Å². The average Bonchev–Trinajstić information content (AvgIpc) is 2.78. The number of hydrogen-bond acceptors (Lipinski definition) is 5. The van der Waals surface area contributed by atoms with Gasteiger partial charge in [0.1, 0.15) is 23.4 Å². The summed E-state index contributed by atoms with van der Waals surface area (Å²) in [6, 6.07) is 18.6. The highest BCUT2D eigenvalue weighted by Gasteiger charge is 2.37. The number of fused-ring (bicyclic) bond motifs is 1. The first-order chi connectivity index (χ1) is 14.6. The predicted molar refractivity (Wildman–Crippen MR) is 120 cm³/mol. The monoisotopic (exact) mass is 468 g/mol. The van der Waals surface area contributed by atoms with Gasteiger partial charge in [0.05, 0.1) is 32.6 Å². The molecule has 1 aliphatic rings. The van der Waals surface area contributed by atoms with Crippen LogP contribution in [0.15, 0.2) is 65.1 Å². The smallest absolute Gasteiger partial charge is 0.262 e. The molecular formula is C23H21BrN2O4. The molecule has 1 amide bonds. The van der Waals surface area contributed by atoms with Gasteiger partial charge in [0.2, 0.25) is 0 Å². The molecule has 0 saturated carbocycles. The van der Waals surface area contributed by atoms with Crippen molar-refractivity contribution in [3.63, 3.8) is 0 Å². The quantitative estimate of drug-likeness (QED) is 0.554. The van der Waals surface area contributed by atoms with Gasteiger partial charge in [-0.1, -0.05) is 28.1 Å². The fourth-order valence-corrected chi connectivity index (χ4v) is 4.00. The number of amides is 1. The van der Waals surface area contributed by atoms with E-state index in [4.69, 9.17) is 14.2 Å². The Morgan fingerprint density at radius 2 is 1.67 bits per heavy atom. The van der Waals surface area contributed by atoms with E-state index < -0.39 is 6.17 Å². The average molecular weight is 469 g/mol. The van der Waals surface area contributed by atoms with Gasteiger partial charge in [-0.25, -0.2) is 0 Å². The van der Waals surface area contributed by atoms with Crippen molar-refractivity contribution in [3.8, 4) is 17.2 Å². The fourth-order valence-electron chi connectivity index (χ4n) is 3.62. The van der Waals surface area contributed by atoms with Gasteiger partial charge in [-0.3, -0.25) is 9.69 Å². The first kappa shape index (κ1) is 20.1. The summed E-state index contributed by atoms with van der Waals surface area (Å²) in [5.41, 5.74) is 2.78. The SMILES string of the molecule is COc1ccc(N2C(=O)c3ccccc3N[C@@H]2c2cc(Br)ccc2OC)c(OC)c1. The molecule has 30 heavy (non-hydrogen) atoms. The molecule has 1 atom stereocenters. The molecule has 3 aromatic carbocycles. The molecule has 0 radical (unpaired) electrons. The summed E-state index contributed by atoms with van der Waals surface area (Å²) in [6.07, 6.45) is -0.512. The van der Waals surface area contributed by atoms with Gasteiger partial charge in [0.25, 0.3) is 5.91 Å². The maximum atomic E-state index is 13.7. The third-order valence-electron chi connectivity index (χ3n) is 5.06. The normalized spacial score (nSPS) is 15.3. The summed E-state index contributed by atoms with van der Waals surface area (Å²) in [5, 5.41) is 3.49. The third kappa shape index (κ3) is 3.45. The molecule has 0 saturated heterocycles. The van der Waals surface area contributed by atoms with Crippen LogP contribution in [0.2, 0.25) is 0 Å². The van der Waals surface area contributed by atoms with E-state index in [0.29, 0.717) is 28.5 Å². The van der Waals surface area contributed by atoms with Crippen LogP contribution in [0.25, 0.3) is 0 Å². The molecule has 4 rings (SSSR count). The van der Waals surface area contributed by atoms with Crippen LogP contribution in [0.4, 0.5) is 11.4 Å². The van der Waals surface area contributed by atoms with Gasteiger partial charge in [-0.05, 0) is 42.5 Å². The van der Waals surface area contributed by atoms with E-state index in [2.05, 4.69) is 21.2 Å². The van der Waals surface area contributed by atoms with Crippen LogP contribution in [-0.2, 0) is 0 Å². The number of methoxy groups -OCH3 is 3. The highest BCUT2D eigenvalue weighted by atomic mass is 79.9. The zero-order chi connectivity index (χ0) is 21.3. The van der Waals surface area contributed by atoms with Crippen LogP contribution in [0, 0.1) is 0 Å². The Morgan fingerprint density at radius 1 is 0.900 bits per heavy atom. The molecule has 0 bridgehead atoms. The minimum absolute atomic E-state index is 0.139. The number of ether oxygens (including phenoxy) is 3. The molecule has 154 valence electrons. The molecule has 6 nitrogen and oxygen atoms in total. The lowest BCUT2D eigenvalue weighted by molar-refractivity contribution is 0.0974. The van der Waals surface area contributed by atoms with Crippen LogP contribution >= 0.6 is 15.9 Å². The molecule has 1 aliphatic heterocycles. The number of hydrogen-bond donors (Lipinski definition) is 1. The van der Waals surface area contributed by atoms with E-state index in [1.54, 1.807) is 38.4 Å². The summed E-state index contributed by atoms with van der Waals surface area (Å²) in [4.78, 5) is 15.3. The maximum absolute atomic E-state index is 13.7. The Hall–Kier alpha value is -3.19. The topological polar surface area (TPSA) is 60.0 Å². The summed E-state index contributed by atoms with van der Waals surface area (Å²) in [7, 11) is 4.78. The predicted octanol–water partition coefficient (Wildman–Crippen LogP) is 5.25. The minimum atomic E-state index is -0.512. The third-order valence-corrected chi connectivity index (χ3v) is 5.55. The Kier molecular flexibility index (Phi) is 5.55. The van der Waals surface area contributed by atoms with E-state index in [9.17, 15) is 4.79 Å². The molecule has 0 aromatic heterocycles. The number of rotatable bonds is 5. The van der Waals surface area contributed by atoms with Gasteiger partial charge >= 0.3 is 0 Å². The van der Waals surface area contributed by atoms with Gasteiger partial charge in [0.15, 0.2) is 0 Å². The lowest BCUT2D eigenvalue weighted by Crippen LogP contribution is -2.43. The Labute approximate surface area is 183 Å². The van der Waals surface area contributed by atoms with E-state index in [1.807, 2.05) is 48.5 Å². The number of nitrogens with zero attached hydrogens (tertiary/aromatic N) is 1. The van der Waals surface area contributed by atoms with Crippen LogP contribution in [0.1, 0.15) is 22.1 Å². The van der Waals surface area contributed by atoms with E-state index in [0.717, 1.165) is 15.7 Å². The second-order valence-electron chi connectivity index (χ2n) is 6.69. The Morgan fingerprint density at radius 3 is 2.40 bits per heavy atom. The van der Waals surface area contributed by atoms with Crippen LogP contribution in [-0.4, -0.2) is 27.2 Å². The first-order valence-electron chi connectivity index (χ1n) is 9.32. The fraction of sp³-hybridized carbons (Fsp3) is 0.174. The molecular weight excluding hydrogens is 448 g/mol. The van der Waals surface area contributed by atoms with Crippen molar-refractivity contribution in [1.29, 1.82) is 0 Å². The summed E-state index contributed by atoms with van der Waals surface area (Å²) >= 11 is 3.53. The van der Waals surface area contributed by atoms with Gasteiger partial charge in [0, 0.05) is 21.8 Å². The molecule has 0 spiro atoms. The highest BCUT2D eigenvalue weighted by molar-refractivity contribution is 9.10. The van der Waals surface area contributed by atoms with E-state index in [-0.39, 0.29) is 5.91 Å². The lowest BCUT2D eigenvalue weighted by atomic mass is 10.0. The summed E-state index contributed by atoms with van der Waals surface area (Å²) < 4.78 is 17.4. The number of para-hydroxylation sites is 1. The van der Waals surface area contributed by atoms with Gasteiger partial charge in [-0.15, -0.1) is 0 Å². The zero-order valence-electron chi connectivity index (χ0n) is 16.8. The van der Waals surface area contributed by atoms with E-state index >= 15 is 0 Å². The van der Waals surface area contributed by atoms with Gasteiger partial charge < -0.3 is 19.5 Å². The van der Waals surface area contributed by atoms with Crippen molar-refractivity contribution >= 4 is 33.2 Å². The van der Waals surface area contributed by atoms with Crippen molar-refractivity contribution in [3.05, 3.63) is 76.3 Å². The summed E-state index contributed by atoms with van der Waals surface area (Å²) in [5.74, 6) is 1.70. The number of nitrogens with one attached hydrogen (secondary N) is 1. The zero-order valence-corrected chi connectivity index (χ0v) is 18.4. The second kappa shape index (κ2) is 8.28. The molecule has 0 unspecified atom stereocenters. The minimum Gasteiger partial charge on any atom is -0.497 e. The lowest BCUT2D eigenvalue weighted by Gasteiger charge is -2.39. The molecule has 1 heterocycles. The molecule has 0 aliphatic carbocycles. The number of carbonyl (C=O) groups excluding carboxylic acids is 1. The van der Waals surface area contributed by atoms with Crippen molar-refractivity contribution in [2.24, 2.45) is 0 Å². The Bertz CT molecular complexity index is 1100. The highest BCUT2D eigenvalue weighted by Crippen LogP contribution is 2.44. The molecule has 1 N–H and O–H groups in total. The largest absolute Gasteiger partial charge is 0.497 e. The van der Waals surface area contributed by atoms with E-state index in [1.165, 1.54) is 0 Å². The molecule has 7 heteroatoms. The van der Waals surface area contributed by atoms with Crippen LogP contribution in [0.3, 0.4) is 0 Å². The number of carbonyl (C=O) groups is 1. The molecule has 3 aromatic rings. The number of halogens is 1. The van der Waals surface area contributed by atoms with Crippen LogP contribution in [0.5, 0.6) is 17.2 Å².